The molecule has 0 saturated carbocycles. The number of amides is 1. The van der Waals surface area contributed by atoms with E-state index in [-0.39, 0.29) is 17.9 Å². The predicted molar refractivity (Wildman–Crippen MR) is 96.5 cm³/mol. The minimum absolute atomic E-state index is 0.0239. The SMILES string of the molecule is CNC(=O)c1cc(C(=O)O)cc(Cc2cccc3[nH]c(CCO)cc23)n1. The van der Waals surface area contributed by atoms with Crippen LogP contribution in [-0.4, -0.2) is 45.7 Å². The molecule has 0 fully saturated rings. The highest BCUT2D eigenvalue weighted by Crippen LogP contribution is 2.23. The summed E-state index contributed by atoms with van der Waals surface area (Å²) in [6, 6.07) is 10.5. The van der Waals surface area contributed by atoms with Crippen molar-refractivity contribution in [3.05, 3.63) is 64.6 Å². The molecule has 7 heteroatoms. The lowest BCUT2D eigenvalue weighted by Crippen LogP contribution is -2.20. The first kappa shape index (κ1) is 17.6. The smallest absolute Gasteiger partial charge is 0.335 e. The van der Waals surface area contributed by atoms with Crippen LogP contribution in [-0.2, 0) is 12.8 Å². The van der Waals surface area contributed by atoms with Crippen LogP contribution >= 0.6 is 0 Å². The van der Waals surface area contributed by atoms with Crippen LogP contribution in [0.25, 0.3) is 10.9 Å². The lowest BCUT2D eigenvalue weighted by Gasteiger charge is -2.07. The first-order valence-corrected chi connectivity index (χ1v) is 8.18. The fourth-order valence-electron chi connectivity index (χ4n) is 2.93. The van der Waals surface area contributed by atoms with Gasteiger partial charge in [-0.25, -0.2) is 9.78 Å². The molecule has 2 heterocycles. The summed E-state index contributed by atoms with van der Waals surface area (Å²) in [5.41, 5.74) is 3.42. The zero-order chi connectivity index (χ0) is 18.7. The number of aromatic amines is 1. The van der Waals surface area contributed by atoms with E-state index in [1.165, 1.54) is 19.2 Å². The molecule has 0 saturated heterocycles. The zero-order valence-electron chi connectivity index (χ0n) is 14.2. The van der Waals surface area contributed by atoms with Crippen molar-refractivity contribution < 1.29 is 19.8 Å². The number of benzene rings is 1. The second-order valence-electron chi connectivity index (χ2n) is 5.94. The Balaban J connectivity index is 2.02. The molecular weight excluding hydrogens is 334 g/mol. The highest BCUT2D eigenvalue weighted by molar-refractivity contribution is 5.96. The number of H-pyrrole nitrogens is 1. The van der Waals surface area contributed by atoms with Gasteiger partial charge in [0.25, 0.3) is 5.91 Å². The van der Waals surface area contributed by atoms with E-state index in [2.05, 4.69) is 15.3 Å². The number of fused-ring (bicyclic) bond motifs is 1. The maximum atomic E-state index is 11.9. The molecule has 134 valence electrons. The number of carboxylic acid groups (broad SMARTS) is 1. The largest absolute Gasteiger partial charge is 0.478 e. The highest BCUT2D eigenvalue weighted by atomic mass is 16.4. The standard InChI is InChI=1S/C19H19N3O4/c1-20-18(24)17-9-12(19(25)26)8-14(22-17)7-11-3-2-4-16-15(11)10-13(21-16)5-6-23/h2-4,8-10,21,23H,5-7H2,1H3,(H,20,24)(H,25,26). The van der Waals surface area contributed by atoms with E-state index >= 15 is 0 Å². The van der Waals surface area contributed by atoms with E-state index in [1.807, 2.05) is 24.3 Å². The number of aromatic carboxylic acids is 1. The third-order valence-electron chi connectivity index (χ3n) is 4.15. The third-order valence-corrected chi connectivity index (χ3v) is 4.15. The van der Waals surface area contributed by atoms with E-state index in [0.717, 1.165) is 22.2 Å². The van der Waals surface area contributed by atoms with Crippen LogP contribution in [0, 0.1) is 0 Å². The topological polar surface area (TPSA) is 115 Å². The Kier molecular flexibility index (Phi) is 4.99. The molecule has 0 unspecified atom stereocenters. The molecule has 7 nitrogen and oxygen atoms in total. The summed E-state index contributed by atoms with van der Waals surface area (Å²) < 4.78 is 0. The van der Waals surface area contributed by atoms with Crippen LogP contribution < -0.4 is 5.32 Å². The molecule has 0 spiro atoms. The van der Waals surface area contributed by atoms with Crippen LogP contribution in [0.2, 0.25) is 0 Å². The van der Waals surface area contributed by atoms with Crippen molar-refractivity contribution >= 4 is 22.8 Å². The molecular formula is C19H19N3O4. The Morgan fingerprint density at radius 2 is 2.04 bits per heavy atom. The van der Waals surface area contributed by atoms with Gasteiger partial charge in [-0.2, -0.15) is 0 Å². The number of carbonyl (C=O) groups is 2. The van der Waals surface area contributed by atoms with Crippen LogP contribution in [0.4, 0.5) is 0 Å². The summed E-state index contributed by atoms with van der Waals surface area (Å²) in [4.78, 5) is 30.8. The van der Waals surface area contributed by atoms with Crippen molar-refractivity contribution in [2.45, 2.75) is 12.8 Å². The molecule has 26 heavy (non-hydrogen) atoms. The van der Waals surface area contributed by atoms with Gasteiger partial charge in [-0.15, -0.1) is 0 Å². The molecule has 0 atom stereocenters. The molecule has 0 radical (unpaired) electrons. The molecule has 3 rings (SSSR count). The summed E-state index contributed by atoms with van der Waals surface area (Å²) in [5.74, 6) is -1.54. The van der Waals surface area contributed by atoms with Crippen molar-refractivity contribution in [3.8, 4) is 0 Å². The van der Waals surface area contributed by atoms with Gasteiger partial charge in [-0.3, -0.25) is 4.79 Å². The average molecular weight is 353 g/mol. The molecule has 2 aromatic heterocycles. The fourth-order valence-corrected chi connectivity index (χ4v) is 2.93. The molecule has 1 aromatic carbocycles. The number of hydrogen-bond donors (Lipinski definition) is 4. The normalized spacial score (nSPS) is 10.8. The van der Waals surface area contributed by atoms with E-state index in [4.69, 9.17) is 5.11 Å². The summed E-state index contributed by atoms with van der Waals surface area (Å²) in [5, 5.41) is 21.9. The van der Waals surface area contributed by atoms with E-state index in [0.29, 0.717) is 18.5 Å². The van der Waals surface area contributed by atoms with Gasteiger partial charge in [0, 0.05) is 48.8 Å². The van der Waals surface area contributed by atoms with Gasteiger partial charge >= 0.3 is 5.97 Å². The van der Waals surface area contributed by atoms with Gasteiger partial charge in [-0.1, -0.05) is 12.1 Å². The van der Waals surface area contributed by atoms with Gasteiger partial charge < -0.3 is 20.5 Å². The lowest BCUT2D eigenvalue weighted by molar-refractivity contribution is 0.0696. The molecule has 0 aliphatic heterocycles. The second-order valence-corrected chi connectivity index (χ2v) is 5.94. The Hall–Kier alpha value is -3.19. The predicted octanol–water partition coefficient (Wildman–Crippen LogP) is 1.75. The zero-order valence-corrected chi connectivity index (χ0v) is 14.2. The number of hydrogen-bond acceptors (Lipinski definition) is 4. The fraction of sp³-hybridized carbons (Fsp3) is 0.211. The maximum Gasteiger partial charge on any atom is 0.335 e. The first-order chi connectivity index (χ1) is 12.5. The van der Waals surface area contributed by atoms with Crippen molar-refractivity contribution in [1.82, 2.24) is 15.3 Å². The number of carboxylic acids is 1. The highest BCUT2D eigenvalue weighted by Gasteiger charge is 2.14. The second kappa shape index (κ2) is 7.37. The summed E-state index contributed by atoms with van der Waals surface area (Å²) in [6.45, 7) is 0.0554. The average Bonchev–Trinajstić information content (AvgIpc) is 3.04. The number of aliphatic hydroxyl groups excluding tert-OH is 1. The Labute approximate surface area is 149 Å². The van der Waals surface area contributed by atoms with Gasteiger partial charge in [0.2, 0.25) is 0 Å². The van der Waals surface area contributed by atoms with Gasteiger partial charge in [0.15, 0.2) is 0 Å². The van der Waals surface area contributed by atoms with Gasteiger partial charge in [-0.05, 0) is 29.8 Å². The van der Waals surface area contributed by atoms with Crippen LogP contribution in [0.1, 0.15) is 37.8 Å². The minimum atomic E-state index is -1.11. The number of nitrogens with one attached hydrogen (secondary N) is 2. The Morgan fingerprint density at radius 3 is 2.73 bits per heavy atom. The Bertz CT molecular complexity index is 978. The number of carbonyl (C=O) groups excluding carboxylic acids is 1. The van der Waals surface area contributed by atoms with Gasteiger partial charge in [0.1, 0.15) is 5.69 Å². The molecule has 0 aliphatic carbocycles. The van der Waals surface area contributed by atoms with Crippen molar-refractivity contribution in [2.24, 2.45) is 0 Å². The van der Waals surface area contributed by atoms with Gasteiger partial charge in [0.05, 0.1) is 5.56 Å². The lowest BCUT2D eigenvalue weighted by atomic mass is 10.0. The van der Waals surface area contributed by atoms with Crippen molar-refractivity contribution in [3.63, 3.8) is 0 Å². The molecule has 3 aromatic rings. The van der Waals surface area contributed by atoms with E-state index in [1.54, 1.807) is 0 Å². The van der Waals surface area contributed by atoms with E-state index < -0.39 is 11.9 Å². The summed E-state index contributed by atoms with van der Waals surface area (Å²) in [6.07, 6.45) is 0.917. The van der Waals surface area contributed by atoms with E-state index in [9.17, 15) is 14.7 Å². The molecule has 4 N–H and O–H groups in total. The first-order valence-electron chi connectivity index (χ1n) is 8.18. The number of pyridine rings is 1. The maximum absolute atomic E-state index is 11.9. The summed E-state index contributed by atoms with van der Waals surface area (Å²) >= 11 is 0. The molecule has 0 aliphatic rings. The van der Waals surface area contributed by atoms with Crippen LogP contribution in [0.15, 0.2) is 36.4 Å². The molecule has 1 amide bonds. The number of aliphatic hydroxyl groups is 1. The van der Waals surface area contributed by atoms with Crippen LogP contribution in [0.3, 0.4) is 0 Å². The number of aromatic nitrogens is 2. The molecule has 0 bridgehead atoms. The monoisotopic (exact) mass is 353 g/mol. The summed E-state index contributed by atoms with van der Waals surface area (Å²) in [7, 11) is 1.47. The number of nitrogens with zero attached hydrogens (tertiary/aromatic N) is 1. The van der Waals surface area contributed by atoms with Crippen molar-refractivity contribution in [1.29, 1.82) is 0 Å². The minimum Gasteiger partial charge on any atom is -0.478 e. The van der Waals surface area contributed by atoms with Crippen LogP contribution in [0.5, 0.6) is 0 Å². The third kappa shape index (κ3) is 3.57. The number of rotatable bonds is 6. The quantitative estimate of drug-likeness (QED) is 0.539. The Morgan fingerprint density at radius 1 is 1.23 bits per heavy atom. The van der Waals surface area contributed by atoms with Crippen molar-refractivity contribution in [2.75, 3.05) is 13.7 Å².